The molecule has 0 amide bonds. The Morgan fingerprint density at radius 2 is 1.93 bits per heavy atom. The zero-order valence-corrected chi connectivity index (χ0v) is 15.8. The van der Waals surface area contributed by atoms with Crippen LogP contribution in [-0.2, 0) is 4.74 Å². The summed E-state index contributed by atoms with van der Waals surface area (Å²) in [6, 6.07) is 15.6. The lowest BCUT2D eigenvalue weighted by Crippen LogP contribution is -2.08. The van der Waals surface area contributed by atoms with Crippen molar-refractivity contribution in [3.05, 3.63) is 53.6 Å². The second-order valence-electron chi connectivity index (χ2n) is 6.14. The third-order valence-electron chi connectivity index (χ3n) is 4.33. The smallest absolute Gasteiger partial charge is 0.186 e. The summed E-state index contributed by atoms with van der Waals surface area (Å²) >= 11 is 6.01. The second-order valence-corrected chi connectivity index (χ2v) is 6.57. The number of aromatic nitrogens is 4. The van der Waals surface area contributed by atoms with E-state index in [4.69, 9.17) is 21.3 Å². The van der Waals surface area contributed by atoms with Gasteiger partial charge in [-0.1, -0.05) is 41.1 Å². The second kappa shape index (κ2) is 7.90. The number of ether oxygens (including phenoxy) is 1. The maximum atomic E-state index is 6.01. The molecule has 0 saturated carbocycles. The van der Waals surface area contributed by atoms with Crippen molar-refractivity contribution in [3.63, 3.8) is 0 Å². The largest absolute Gasteiger partial charge is 0.382 e. The zero-order chi connectivity index (χ0) is 18.6. The Hall–Kier alpha value is -2.70. The first-order valence-corrected chi connectivity index (χ1v) is 9.37. The average molecular weight is 382 g/mol. The van der Waals surface area contributed by atoms with E-state index in [1.807, 2.05) is 55.5 Å². The van der Waals surface area contributed by atoms with Crippen LogP contribution in [0.25, 0.3) is 27.8 Å². The molecular formula is C20H20ClN5O. The van der Waals surface area contributed by atoms with Crippen LogP contribution < -0.4 is 5.32 Å². The number of nitrogens with zero attached hydrogens (tertiary/aromatic N) is 4. The quantitative estimate of drug-likeness (QED) is 0.479. The molecule has 4 aromatic rings. The fraction of sp³-hybridized carbons (Fsp3) is 0.250. The molecule has 0 spiro atoms. The first-order valence-electron chi connectivity index (χ1n) is 8.99. The molecule has 2 aromatic carbocycles. The Labute approximate surface area is 162 Å². The molecule has 0 aliphatic carbocycles. The monoisotopic (exact) mass is 381 g/mol. The first-order chi connectivity index (χ1) is 13.3. The summed E-state index contributed by atoms with van der Waals surface area (Å²) in [4.78, 5) is 4.83. The topological polar surface area (TPSA) is 64.3 Å². The van der Waals surface area contributed by atoms with Crippen molar-refractivity contribution in [2.75, 3.05) is 25.1 Å². The van der Waals surface area contributed by atoms with Crippen LogP contribution in [0.5, 0.6) is 0 Å². The van der Waals surface area contributed by atoms with Gasteiger partial charge in [0.25, 0.3) is 0 Å². The van der Waals surface area contributed by atoms with Crippen LogP contribution in [-0.4, -0.2) is 39.6 Å². The summed E-state index contributed by atoms with van der Waals surface area (Å²) in [6.45, 7) is 4.25. The molecule has 0 aliphatic heterocycles. The highest BCUT2D eigenvalue weighted by Gasteiger charge is 2.15. The predicted octanol–water partition coefficient (Wildman–Crippen LogP) is 4.44. The molecule has 6 nitrogen and oxygen atoms in total. The fourth-order valence-electron chi connectivity index (χ4n) is 3.02. The highest BCUT2D eigenvalue weighted by molar-refractivity contribution is 6.30. The molecule has 4 rings (SSSR count). The van der Waals surface area contributed by atoms with Gasteiger partial charge in [0, 0.05) is 35.7 Å². The predicted molar refractivity (Wildman–Crippen MR) is 108 cm³/mol. The number of halogens is 1. The minimum Gasteiger partial charge on any atom is -0.382 e. The number of hydrogen-bond acceptors (Lipinski definition) is 5. The lowest BCUT2D eigenvalue weighted by atomic mass is 10.1. The van der Waals surface area contributed by atoms with Gasteiger partial charge in [-0.05, 0) is 37.6 Å². The molecule has 1 N–H and O–H groups in total. The maximum absolute atomic E-state index is 6.01. The SMILES string of the molecule is CCOCCCNc1nc2c(-c3ccc(Cl)cc3)nnn2c2ccccc12. The van der Waals surface area contributed by atoms with Crippen molar-refractivity contribution < 1.29 is 4.74 Å². The van der Waals surface area contributed by atoms with Gasteiger partial charge >= 0.3 is 0 Å². The van der Waals surface area contributed by atoms with Gasteiger partial charge in [0.15, 0.2) is 5.65 Å². The standard InChI is InChI=1S/C20H20ClN5O/c1-2-27-13-5-12-22-19-16-6-3-4-7-17(16)26-20(23-19)18(24-25-26)14-8-10-15(21)11-9-14/h3-4,6-11H,2,5,12-13H2,1H3,(H,22,23). The highest BCUT2D eigenvalue weighted by atomic mass is 35.5. The number of rotatable bonds is 7. The number of hydrogen-bond donors (Lipinski definition) is 1. The number of anilines is 1. The first kappa shape index (κ1) is 17.7. The third-order valence-corrected chi connectivity index (χ3v) is 4.58. The molecule has 27 heavy (non-hydrogen) atoms. The Morgan fingerprint density at radius 3 is 2.74 bits per heavy atom. The van der Waals surface area contributed by atoms with Crippen molar-refractivity contribution in [1.29, 1.82) is 0 Å². The minimum atomic E-state index is 0.685. The van der Waals surface area contributed by atoms with Crippen molar-refractivity contribution in [2.24, 2.45) is 0 Å². The molecule has 0 bridgehead atoms. The zero-order valence-electron chi connectivity index (χ0n) is 15.0. The van der Waals surface area contributed by atoms with Crippen molar-refractivity contribution >= 4 is 34.0 Å². The normalized spacial score (nSPS) is 11.3. The molecule has 2 heterocycles. The van der Waals surface area contributed by atoms with Crippen LogP contribution >= 0.6 is 11.6 Å². The molecule has 7 heteroatoms. The number of nitrogens with one attached hydrogen (secondary N) is 1. The van der Waals surface area contributed by atoms with Gasteiger partial charge in [0.05, 0.1) is 5.52 Å². The van der Waals surface area contributed by atoms with Gasteiger partial charge in [0.2, 0.25) is 0 Å². The fourth-order valence-corrected chi connectivity index (χ4v) is 3.14. The van der Waals surface area contributed by atoms with Gasteiger partial charge in [-0.3, -0.25) is 0 Å². The summed E-state index contributed by atoms with van der Waals surface area (Å²) in [7, 11) is 0. The molecule has 2 aromatic heterocycles. The van der Waals surface area contributed by atoms with Gasteiger partial charge in [-0.25, -0.2) is 4.98 Å². The van der Waals surface area contributed by atoms with Gasteiger partial charge in [0.1, 0.15) is 11.5 Å². The van der Waals surface area contributed by atoms with E-state index >= 15 is 0 Å². The van der Waals surface area contributed by atoms with Gasteiger partial charge < -0.3 is 10.1 Å². The van der Waals surface area contributed by atoms with Crippen LogP contribution in [0.1, 0.15) is 13.3 Å². The molecular weight excluding hydrogens is 362 g/mol. The summed E-state index contributed by atoms with van der Waals surface area (Å²) in [6.07, 6.45) is 0.913. The molecule has 0 atom stereocenters. The van der Waals surface area contributed by atoms with Gasteiger partial charge in [-0.15, -0.1) is 5.10 Å². The van der Waals surface area contributed by atoms with Crippen LogP contribution in [0, 0.1) is 0 Å². The maximum Gasteiger partial charge on any atom is 0.186 e. The minimum absolute atomic E-state index is 0.685. The van der Waals surface area contributed by atoms with E-state index in [0.717, 1.165) is 54.2 Å². The van der Waals surface area contributed by atoms with E-state index in [0.29, 0.717) is 10.7 Å². The molecule has 0 unspecified atom stereocenters. The Bertz CT molecular complexity index is 1060. The lowest BCUT2D eigenvalue weighted by molar-refractivity contribution is 0.147. The Morgan fingerprint density at radius 1 is 1.11 bits per heavy atom. The van der Waals surface area contributed by atoms with Gasteiger partial charge in [-0.2, -0.15) is 4.52 Å². The average Bonchev–Trinajstić information content (AvgIpc) is 3.12. The molecule has 0 aliphatic rings. The third kappa shape index (κ3) is 3.59. The van der Waals surface area contributed by atoms with Crippen molar-refractivity contribution in [2.45, 2.75) is 13.3 Å². The number of benzene rings is 2. The summed E-state index contributed by atoms with van der Waals surface area (Å²) in [5, 5.41) is 13.8. The van der Waals surface area contributed by atoms with Crippen LogP contribution in [0.4, 0.5) is 5.82 Å². The van der Waals surface area contributed by atoms with E-state index in [-0.39, 0.29) is 0 Å². The molecule has 0 radical (unpaired) electrons. The molecule has 0 fully saturated rings. The Balaban J connectivity index is 1.76. The van der Waals surface area contributed by atoms with Crippen molar-refractivity contribution in [3.8, 4) is 11.3 Å². The number of para-hydroxylation sites is 1. The van der Waals surface area contributed by atoms with E-state index in [9.17, 15) is 0 Å². The van der Waals surface area contributed by atoms with Crippen LogP contribution in [0.15, 0.2) is 48.5 Å². The van der Waals surface area contributed by atoms with Crippen LogP contribution in [0.2, 0.25) is 5.02 Å². The van der Waals surface area contributed by atoms with Crippen LogP contribution in [0.3, 0.4) is 0 Å². The van der Waals surface area contributed by atoms with Crippen molar-refractivity contribution in [1.82, 2.24) is 19.8 Å². The van der Waals surface area contributed by atoms with E-state index < -0.39 is 0 Å². The summed E-state index contributed by atoms with van der Waals surface area (Å²) in [5.74, 6) is 0.826. The lowest BCUT2D eigenvalue weighted by Gasteiger charge is -2.10. The highest BCUT2D eigenvalue weighted by Crippen LogP contribution is 2.28. The Kier molecular flexibility index (Phi) is 5.18. The van der Waals surface area contributed by atoms with E-state index in [1.54, 1.807) is 4.52 Å². The summed E-state index contributed by atoms with van der Waals surface area (Å²) in [5.41, 5.74) is 3.33. The molecule has 138 valence electrons. The number of fused-ring (bicyclic) bond motifs is 3. The molecule has 0 saturated heterocycles. The van der Waals surface area contributed by atoms with E-state index in [1.165, 1.54) is 0 Å². The van der Waals surface area contributed by atoms with E-state index in [2.05, 4.69) is 15.6 Å². The summed E-state index contributed by atoms with van der Waals surface area (Å²) < 4.78 is 7.19.